The maximum Gasteiger partial charge on any atom is 0.0900 e. The van der Waals surface area contributed by atoms with Gasteiger partial charge >= 0.3 is 0 Å². The highest BCUT2D eigenvalue weighted by Gasteiger charge is 2.23. The number of rotatable bonds is 14. The Labute approximate surface area is 707 Å². The van der Waals surface area contributed by atoms with Crippen LogP contribution in [0, 0.1) is 6.92 Å². The molecular weight excluding hydrogens is 1480 g/mol. The third-order valence-electron chi connectivity index (χ3n) is 20.3. The van der Waals surface area contributed by atoms with Gasteiger partial charge in [0, 0.05) is 85.5 Å². The zero-order valence-electron chi connectivity index (χ0n) is 69.4. The highest BCUT2D eigenvalue weighted by atomic mass is 14.9. The van der Waals surface area contributed by atoms with E-state index in [4.69, 9.17) is 24.9 Å². The number of hydrogen-bond acceptors (Lipinski definition) is 15. The van der Waals surface area contributed by atoms with Crippen molar-refractivity contribution in [1.82, 2.24) is 74.8 Å². The van der Waals surface area contributed by atoms with Crippen LogP contribution in [0.15, 0.2) is 372 Å². The minimum atomic E-state index is -0.00425. The number of hydrogen-bond donors (Lipinski definition) is 0. The van der Waals surface area contributed by atoms with Crippen LogP contribution in [0.3, 0.4) is 0 Å². The summed E-state index contributed by atoms with van der Waals surface area (Å²) in [4.78, 5) is 69.0. The molecule has 3 aromatic carbocycles. The lowest BCUT2D eigenvalue weighted by molar-refractivity contribution is 0.587. The smallest absolute Gasteiger partial charge is 0.0900 e. The SMILES string of the molecule is CC(C)(C)c1ccnc(-c2cc(C(C)(C)C)cc(-c3cc(C(C)(C)C)ccn3)n2)c1.Cc1ccc(-c2cc(-c3ccncc3)nc(-c3ccncc3)c2)cc1.c1ccc(-c2cc(-c3ccc(-c4cc(-c5ccccn5)nc(-c5ccccn5)c4)cc3)cc(-c3ccccn3)n2)nc1.c1ccc(-c2cc(-c3ccccn3)nc(-c3ccccn3)c2)cc1. The van der Waals surface area contributed by atoms with Gasteiger partial charge in [-0.1, -0.05) is 183 Å². The first kappa shape index (κ1) is 81.1. The van der Waals surface area contributed by atoms with E-state index in [9.17, 15) is 0 Å². The van der Waals surface area contributed by atoms with Crippen molar-refractivity contribution in [3.63, 3.8) is 0 Å². The standard InChI is InChI=1S/C36H24N6.C27H35N3.C22H17N3.C21H15N3/c1-5-17-37-29(9-1)33-21-27(22-34(41-33)30-10-2-6-18-38-30)25-13-15-26(16-14-25)28-23-35(31-11-3-7-19-39-31)42-36(24-28)32-12-4-8-20-40-32;1-25(2,3)18-10-12-28-21(14-18)23-16-20(27(7,8)9)17-24(30-23)22-15-19(11-13-29-22)26(4,5)6;1-16-2-4-17(5-3-16)20-14-21(18-6-10-23-11-7-18)25-22(15-20)19-8-12-24-13-9-19;1-2-8-16(9-3-1)17-14-20(18-10-4-6-12-22-18)24-21(15-17)19-11-5-7-13-23-19/h1-24H;10-17H,1-9H3;2-15H,1H3;1-15H. The number of pyridine rings is 15. The molecule has 590 valence electrons. The van der Waals surface area contributed by atoms with Gasteiger partial charge in [0.2, 0.25) is 0 Å². The quantitative estimate of drug-likeness (QED) is 0.0997. The highest BCUT2D eigenvalue weighted by molar-refractivity contribution is 5.81. The van der Waals surface area contributed by atoms with Gasteiger partial charge in [-0.05, 0) is 266 Å². The van der Waals surface area contributed by atoms with Gasteiger partial charge in [0.1, 0.15) is 0 Å². The maximum absolute atomic E-state index is 5.01. The van der Waals surface area contributed by atoms with Crippen LogP contribution >= 0.6 is 0 Å². The Morgan fingerprint density at radius 3 is 0.661 bits per heavy atom. The Morgan fingerprint density at radius 2 is 0.388 bits per heavy atom. The number of nitrogens with zero attached hydrogens (tertiary/aromatic N) is 15. The lowest BCUT2D eigenvalue weighted by atomic mass is 9.84. The number of benzene rings is 3. The molecule has 0 bridgehead atoms. The Balaban J connectivity index is 0.000000129. The summed E-state index contributed by atoms with van der Waals surface area (Å²) < 4.78 is 0. The van der Waals surface area contributed by atoms with Crippen molar-refractivity contribution in [3.8, 4) is 158 Å². The Morgan fingerprint density at radius 1 is 0.157 bits per heavy atom. The average Bonchev–Trinajstić information content (AvgIpc) is 0.795. The molecule has 15 aromatic heterocycles. The fourth-order valence-electron chi connectivity index (χ4n) is 13.5. The van der Waals surface area contributed by atoms with Gasteiger partial charge in [-0.25, -0.2) is 24.9 Å². The van der Waals surface area contributed by atoms with Gasteiger partial charge in [0.15, 0.2) is 0 Å². The van der Waals surface area contributed by atoms with Crippen LogP contribution in [0.25, 0.3) is 158 Å². The average molecular weight is 1570 g/mol. The fourth-order valence-corrected chi connectivity index (χ4v) is 13.5. The molecule has 0 N–H and O–H groups in total. The van der Waals surface area contributed by atoms with E-state index in [2.05, 4.69) is 265 Å². The Bertz CT molecular complexity index is 5920. The van der Waals surface area contributed by atoms with Crippen molar-refractivity contribution in [2.75, 3.05) is 0 Å². The zero-order chi connectivity index (χ0) is 83.7. The van der Waals surface area contributed by atoms with Crippen LogP contribution in [0.2, 0.25) is 0 Å². The predicted octanol–water partition coefficient (Wildman–Crippen LogP) is 25.2. The van der Waals surface area contributed by atoms with E-state index in [0.29, 0.717) is 0 Å². The molecule has 0 aliphatic carbocycles. The van der Waals surface area contributed by atoms with Gasteiger partial charge in [0.25, 0.3) is 0 Å². The molecule has 0 aliphatic rings. The summed E-state index contributed by atoms with van der Waals surface area (Å²) in [6.45, 7) is 22.1. The topological polar surface area (TPSA) is 193 Å². The van der Waals surface area contributed by atoms with Crippen molar-refractivity contribution in [2.24, 2.45) is 0 Å². The first-order valence-corrected chi connectivity index (χ1v) is 40.3. The van der Waals surface area contributed by atoms with E-state index >= 15 is 0 Å². The molecule has 18 rings (SSSR count). The van der Waals surface area contributed by atoms with Crippen LogP contribution in [-0.2, 0) is 16.2 Å². The van der Waals surface area contributed by atoms with E-state index in [1.165, 1.54) is 27.8 Å². The molecule has 121 heavy (non-hydrogen) atoms. The van der Waals surface area contributed by atoms with Crippen molar-refractivity contribution >= 4 is 0 Å². The van der Waals surface area contributed by atoms with E-state index in [1.54, 1.807) is 62.0 Å². The number of aromatic nitrogens is 15. The summed E-state index contributed by atoms with van der Waals surface area (Å²) in [6.07, 6.45) is 21.7. The first-order valence-electron chi connectivity index (χ1n) is 40.3. The van der Waals surface area contributed by atoms with Gasteiger partial charge in [-0.2, -0.15) is 0 Å². The normalized spacial score (nSPS) is 11.2. The summed E-state index contributed by atoms with van der Waals surface area (Å²) in [5.41, 5.74) is 31.3. The molecule has 18 aromatic rings. The third-order valence-corrected chi connectivity index (χ3v) is 20.3. The van der Waals surface area contributed by atoms with Crippen molar-refractivity contribution in [1.29, 1.82) is 0 Å². The van der Waals surface area contributed by atoms with Gasteiger partial charge in [-0.3, -0.25) is 49.8 Å². The van der Waals surface area contributed by atoms with Crippen molar-refractivity contribution in [3.05, 3.63) is 394 Å². The molecule has 0 unspecified atom stereocenters. The first-order chi connectivity index (χ1) is 58.7. The second-order valence-electron chi connectivity index (χ2n) is 32.3. The molecule has 0 amide bonds. The minimum absolute atomic E-state index is 0.00425. The second-order valence-corrected chi connectivity index (χ2v) is 32.3. The molecule has 0 fully saturated rings. The molecule has 0 atom stereocenters. The van der Waals surface area contributed by atoms with Gasteiger partial charge in [0.05, 0.1) is 102 Å². The summed E-state index contributed by atoms with van der Waals surface area (Å²) in [5, 5.41) is 0. The van der Waals surface area contributed by atoms with Crippen molar-refractivity contribution < 1.29 is 0 Å². The molecule has 0 spiro atoms. The molecule has 15 heteroatoms. The van der Waals surface area contributed by atoms with E-state index in [-0.39, 0.29) is 16.2 Å². The lowest BCUT2D eigenvalue weighted by Crippen LogP contribution is -2.14. The fraction of sp³-hybridized carbons (Fsp3) is 0.123. The van der Waals surface area contributed by atoms with Crippen molar-refractivity contribution in [2.45, 2.75) is 85.5 Å². The Kier molecular flexibility index (Phi) is 24.8. The molecule has 15 heterocycles. The molecule has 0 saturated carbocycles. The summed E-state index contributed by atoms with van der Waals surface area (Å²) in [5.74, 6) is 0. The maximum atomic E-state index is 5.01. The molecule has 0 aliphatic heterocycles. The van der Waals surface area contributed by atoms with Gasteiger partial charge < -0.3 is 0 Å². The Hall–Kier alpha value is -15.1. The summed E-state index contributed by atoms with van der Waals surface area (Å²) in [6, 6.07) is 100.0. The molecule has 0 radical (unpaired) electrons. The van der Waals surface area contributed by atoms with Crippen LogP contribution in [0.5, 0.6) is 0 Å². The summed E-state index contributed by atoms with van der Waals surface area (Å²) in [7, 11) is 0. The van der Waals surface area contributed by atoms with Crippen LogP contribution in [-0.4, -0.2) is 74.8 Å². The van der Waals surface area contributed by atoms with E-state index in [0.717, 1.165) is 153 Å². The summed E-state index contributed by atoms with van der Waals surface area (Å²) >= 11 is 0. The third kappa shape index (κ3) is 20.8. The molecule has 0 saturated heterocycles. The zero-order valence-corrected chi connectivity index (χ0v) is 69.4. The monoisotopic (exact) mass is 1570 g/mol. The van der Waals surface area contributed by atoms with Crippen LogP contribution in [0.1, 0.15) is 84.6 Å². The van der Waals surface area contributed by atoms with Crippen LogP contribution < -0.4 is 0 Å². The minimum Gasteiger partial charge on any atom is -0.265 e. The van der Waals surface area contributed by atoms with E-state index in [1.807, 2.05) is 164 Å². The molecule has 15 nitrogen and oxygen atoms in total. The van der Waals surface area contributed by atoms with E-state index < -0.39 is 0 Å². The van der Waals surface area contributed by atoms with Crippen LogP contribution in [0.4, 0.5) is 0 Å². The molecular formula is C106H91N15. The predicted molar refractivity (Wildman–Crippen MR) is 490 cm³/mol. The largest absolute Gasteiger partial charge is 0.265 e. The second kappa shape index (κ2) is 37.0. The number of aryl methyl sites for hydroxylation is 1. The van der Waals surface area contributed by atoms with Gasteiger partial charge in [-0.15, -0.1) is 0 Å². The highest BCUT2D eigenvalue weighted by Crippen LogP contribution is 2.38. The lowest BCUT2D eigenvalue weighted by Gasteiger charge is -2.22.